The highest BCUT2D eigenvalue weighted by Gasteiger charge is 2.27. The van der Waals surface area contributed by atoms with Gasteiger partial charge < -0.3 is 9.80 Å². The second kappa shape index (κ2) is 8.42. The number of rotatable bonds is 2. The third-order valence-electron chi connectivity index (χ3n) is 5.41. The van der Waals surface area contributed by atoms with Crippen LogP contribution < -0.4 is 0 Å². The number of amides is 2. The minimum Gasteiger partial charge on any atom is -0.338 e. The molecule has 0 aromatic heterocycles. The van der Waals surface area contributed by atoms with Gasteiger partial charge in [0.05, 0.1) is 11.1 Å². The predicted octanol–water partition coefficient (Wildman–Crippen LogP) is 4.96. The summed E-state index contributed by atoms with van der Waals surface area (Å²) in [5.74, 6) is 1.15. The van der Waals surface area contributed by atoms with Crippen LogP contribution in [0.2, 0.25) is 0 Å². The molecule has 1 aromatic rings. The summed E-state index contributed by atoms with van der Waals surface area (Å²) in [7, 11) is 0. The molecule has 0 N–H and O–H groups in total. The number of piperidine rings is 2. The van der Waals surface area contributed by atoms with Gasteiger partial charge in [0.1, 0.15) is 0 Å². The first-order valence-electron chi connectivity index (χ1n) is 9.44. The molecule has 2 aliphatic heterocycles. The smallest absolute Gasteiger partial charge is 0.255 e. The summed E-state index contributed by atoms with van der Waals surface area (Å²) in [6.07, 6.45) is 4.46. The van der Waals surface area contributed by atoms with Crippen LogP contribution in [0, 0.1) is 11.8 Å². The standard InChI is InChI=1S/C20H26Br2N2O2/c1-13-5-3-7-23(11-13)19(25)15-9-18(22)16(10-17(15)21)20(26)24-8-4-6-14(2)12-24/h9-10,13-14H,3-8,11-12H2,1-2H3/t13-,14-/m0/s1. The molecule has 1 aromatic carbocycles. The van der Waals surface area contributed by atoms with Crippen molar-refractivity contribution in [1.29, 1.82) is 0 Å². The van der Waals surface area contributed by atoms with Gasteiger partial charge in [-0.25, -0.2) is 0 Å². The van der Waals surface area contributed by atoms with E-state index in [1.807, 2.05) is 9.80 Å². The minimum atomic E-state index is 0.0368. The molecule has 26 heavy (non-hydrogen) atoms. The van der Waals surface area contributed by atoms with Crippen LogP contribution in [0.4, 0.5) is 0 Å². The minimum absolute atomic E-state index is 0.0368. The van der Waals surface area contributed by atoms with Gasteiger partial charge in [-0.1, -0.05) is 13.8 Å². The van der Waals surface area contributed by atoms with Gasteiger partial charge in [0.2, 0.25) is 0 Å². The first kappa shape index (κ1) is 19.9. The van der Waals surface area contributed by atoms with Gasteiger partial charge in [-0.05, 0) is 81.5 Å². The molecule has 4 nitrogen and oxygen atoms in total. The fourth-order valence-electron chi connectivity index (χ4n) is 3.96. The lowest BCUT2D eigenvalue weighted by molar-refractivity contribution is 0.0670. The Morgan fingerprint density at radius 1 is 0.846 bits per heavy atom. The first-order chi connectivity index (χ1) is 12.4. The van der Waals surface area contributed by atoms with Gasteiger partial charge in [0.25, 0.3) is 11.8 Å². The van der Waals surface area contributed by atoms with Crippen LogP contribution in [0.5, 0.6) is 0 Å². The number of likely N-dealkylation sites (tertiary alicyclic amines) is 2. The Hall–Kier alpha value is -0.880. The van der Waals surface area contributed by atoms with E-state index in [1.54, 1.807) is 12.1 Å². The number of hydrogen-bond acceptors (Lipinski definition) is 2. The van der Waals surface area contributed by atoms with E-state index in [0.29, 0.717) is 31.9 Å². The number of benzene rings is 1. The molecule has 0 aliphatic carbocycles. The molecule has 2 fully saturated rings. The van der Waals surface area contributed by atoms with E-state index in [-0.39, 0.29) is 11.8 Å². The van der Waals surface area contributed by atoms with Crippen molar-refractivity contribution in [1.82, 2.24) is 9.80 Å². The SMILES string of the molecule is C[C@H]1CCCN(C(=O)c2cc(Br)c(C(=O)N3CCC[C@H](C)C3)cc2Br)C1. The highest BCUT2D eigenvalue weighted by molar-refractivity contribution is 9.11. The largest absolute Gasteiger partial charge is 0.338 e. The van der Waals surface area contributed by atoms with Crippen LogP contribution in [0.15, 0.2) is 21.1 Å². The molecule has 2 amide bonds. The van der Waals surface area contributed by atoms with E-state index in [1.165, 1.54) is 12.8 Å². The lowest BCUT2D eigenvalue weighted by atomic mass is 9.98. The Bertz CT molecular complexity index is 648. The molecule has 142 valence electrons. The Balaban J connectivity index is 1.81. The van der Waals surface area contributed by atoms with E-state index in [9.17, 15) is 9.59 Å². The van der Waals surface area contributed by atoms with E-state index in [4.69, 9.17) is 0 Å². The fourth-order valence-corrected chi connectivity index (χ4v) is 4.99. The second-order valence-electron chi connectivity index (χ2n) is 7.81. The summed E-state index contributed by atoms with van der Waals surface area (Å²) < 4.78 is 1.38. The van der Waals surface area contributed by atoms with Crippen molar-refractivity contribution in [2.24, 2.45) is 11.8 Å². The maximum atomic E-state index is 12.9. The highest BCUT2D eigenvalue weighted by atomic mass is 79.9. The predicted molar refractivity (Wildman–Crippen MR) is 110 cm³/mol. The van der Waals surface area contributed by atoms with Crippen LogP contribution in [0.1, 0.15) is 60.2 Å². The molecule has 0 spiro atoms. The quantitative estimate of drug-likeness (QED) is 0.594. The molecule has 2 saturated heterocycles. The third kappa shape index (κ3) is 4.33. The highest BCUT2D eigenvalue weighted by Crippen LogP contribution is 2.30. The molecule has 0 bridgehead atoms. The Morgan fingerprint density at radius 2 is 1.23 bits per heavy atom. The summed E-state index contributed by atoms with van der Waals surface area (Å²) in [4.78, 5) is 29.7. The number of carbonyl (C=O) groups is 2. The van der Waals surface area contributed by atoms with E-state index < -0.39 is 0 Å². The number of carbonyl (C=O) groups excluding carboxylic acids is 2. The van der Waals surface area contributed by atoms with Crippen molar-refractivity contribution in [3.8, 4) is 0 Å². The molecular weight excluding hydrogens is 460 g/mol. The van der Waals surface area contributed by atoms with Gasteiger partial charge in [-0.2, -0.15) is 0 Å². The third-order valence-corrected chi connectivity index (χ3v) is 6.72. The zero-order valence-corrected chi connectivity index (χ0v) is 18.6. The van der Waals surface area contributed by atoms with Gasteiger partial charge >= 0.3 is 0 Å². The molecule has 3 rings (SSSR count). The van der Waals surface area contributed by atoms with Gasteiger partial charge in [0.15, 0.2) is 0 Å². The van der Waals surface area contributed by atoms with Crippen molar-refractivity contribution in [3.05, 3.63) is 32.2 Å². The molecule has 6 heteroatoms. The maximum absolute atomic E-state index is 12.9. The van der Waals surface area contributed by atoms with Crippen LogP contribution in [0.3, 0.4) is 0 Å². The first-order valence-corrected chi connectivity index (χ1v) is 11.0. The number of nitrogens with zero attached hydrogens (tertiary/aromatic N) is 2. The average molecular weight is 486 g/mol. The summed E-state index contributed by atoms with van der Waals surface area (Å²) in [5, 5.41) is 0. The van der Waals surface area contributed by atoms with E-state index in [0.717, 1.165) is 39.0 Å². The number of halogens is 2. The van der Waals surface area contributed by atoms with E-state index in [2.05, 4.69) is 45.7 Å². The van der Waals surface area contributed by atoms with Crippen LogP contribution in [-0.4, -0.2) is 47.8 Å². The van der Waals surface area contributed by atoms with Gasteiger partial charge in [0, 0.05) is 35.1 Å². The van der Waals surface area contributed by atoms with Crippen LogP contribution in [-0.2, 0) is 0 Å². The second-order valence-corrected chi connectivity index (χ2v) is 9.52. The van der Waals surface area contributed by atoms with Crippen molar-refractivity contribution in [2.45, 2.75) is 39.5 Å². The molecule has 2 heterocycles. The topological polar surface area (TPSA) is 40.6 Å². The lowest BCUT2D eigenvalue weighted by Gasteiger charge is -2.32. The van der Waals surface area contributed by atoms with Crippen molar-refractivity contribution in [3.63, 3.8) is 0 Å². The average Bonchev–Trinajstić information content (AvgIpc) is 2.62. The molecule has 2 aliphatic rings. The molecular formula is C20H26Br2N2O2. The molecule has 0 saturated carbocycles. The summed E-state index contributed by atoms with van der Waals surface area (Å²) in [6, 6.07) is 3.60. The van der Waals surface area contributed by atoms with Gasteiger partial charge in [-0.3, -0.25) is 9.59 Å². The zero-order valence-electron chi connectivity index (χ0n) is 15.4. The Morgan fingerprint density at radius 3 is 1.58 bits per heavy atom. The lowest BCUT2D eigenvalue weighted by Crippen LogP contribution is -2.40. The summed E-state index contributed by atoms with van der Waals surface area (Å²) in [5.41, 5.74) is 1.24. The molecule has 0 unspecified atom stereocenters. The Labute approximate surface area is 172 Å². The van der Waals surface area contributed by atoms with Crippen LogP contribution >= 0.6 is 31.9 Å². The number of hydrogen-bond donors (Lipinski definition) is 0. The zero-order chi connectivity index (χ0) is 18.8. The normalized spacial score (nSPS) is 23.8. The van der Waals surface area contributed by atoms with Crippen molar-refractivity contribution in [2.75, 3.05) is 26.2 Å². The Kier molecular flexibility index (Phi) is 6.44. The van der Waals surface area contributed by atoms with Crippen molar-refractivity contribution < 1.29 is 9.59 Å². The summed E-state index contributed by atoms with van der Waals surface area (Å²) >= 11 is 7.06. The summed E-state index contributed by atoms with van der Waals surface area (Å²) in [6.45, 7) is 7.58. The van der Waals surface area contributed by atoms with Crippen LogP contribution in [0.25, 0.3) is 0 Å². The van der Waals surface area contributed by atoms with Crippen molar-refractivity contribution >= 4 is 43.7 Å². The molecule has 0 radical (unpaired) electrons. The van der Waals surface area contributed by atoms with Gasteiger partial charge in [-0.15, -0.1) is 0 Å². The molecule has 2 atom stereocenters. The fraction of sp³-hybridized carbons (Fsp3) is 0.600. The van der Waals surface area contributed by atoms with E-state index >= 15 is 0 Å². The maximum Gasteiger partial charge on any atom is 0.255 e. The monoisotopic (exact) mass is 484 g/mol.